The molecule has 0 bridgehead atoms. The summed E-state index contributed by atoms with van der Waals surface area (Å²) in [5, 5.41) is 11.6. The second-order valence-corrected chi connectivity index (χ2v) is 5.81. The number of hydrogen-bond donors (Lipinski definition) is 2. The minimum atomic E-state index is -1.32. The SMILES string of the molecule is NC(=O)C(O)c1ccc(OCCN2CCOCC2)c2ccccc12. The lowest BCUT2D eigenvalue weighted by molar-refractivity contribution is -0.126. The molecule has 1 aliphatic heterocycles. The molecule has 2 aromatic carbocycles. The monoisotopic (exact) mass is 330 g/mol. The molecule has 0 aliphatic carbocycles. The van der Waals surface area contributed by atoms with E-state index in [1.807, 2.05) is 24.3 Å². The van der Waals surface area contributed by atoms with Crippen LogP contribution in [0, 0.1) is 0 Å². The van der Waals surface area contributed by atoms with Gasteiger partial charge in [0.05, 0.1) is 13.2 Å². The molecule has 128 valence electrons. The Morgan fingerprint density at radius 2 is 1.92 bits per heavy atom. The lowest BCUT2D eigenvalue weighted by Crippen LogP contribution is -2.38. The number of hydrogen-bond acceptors (Lipinski definition) is 5. The number of aliphatic hydroxyl groups is 1. The predicted molar refractivity (Wildman–Crippen MR) is 90.9 cm³/mol. The predicted octanol–water partition coefficient (Wildman–Crippen LogP) is 1.07. The van der Waals surface area contributed by atoms with Gasteiger partial charge < -0.3 is 20.3 Å². The van der Waals surface area contributed by atoms with Crippen molar-refractivity contribution < 1.29 is 19.4 Å². The molecule has 24 heavy (non-hydrogen) atoms. The number of morpholine rings is 1. The normalized spacial score (nSPS) is 16.9. The van der Waals surface area contributed by atoms with Gasteiger partial charge >= 0.3 is 0 Å². The molecule has 2 aromatic rings. The number of carbonyl (C=O) groups is 1. The molecule has 3 N–H and O–H groups in total. The Hall–Kier alpha value is -2.15. The van der Waals surface area contributed by atoms with Crippen molar-refractivity contribution in [3.8, 4) is 5.75 Å². The van der Waals surface area contributed by atoms with Crippen molar-refractivity contribution in [2.45, 2.75) is 6.10 Å². The second-order valence-electron chi connectivity index (χ2n) is 5.81. The fourth-order valence-electron chi connectivity index (χ4n) is 2.92. The molecule has 1 aliphatic rings. The molecule has 3 rings (SSSR count). The number of nitrogens with zero attached hydrogens (tertiary/aromatic N) is 1. The van der Waals surface area contributed by atoms with Crippen molar-refractivity contribution in [1.29, 1.82) is 0 Å². The van der Waals surface area contributed by atoms with Crippen LogP contribution >= 0.6 is 0 Å². The fraction of sp³-hybridized carbons (Fsp3) is 0.389. The largest absolute Gasteiger partial charge is 0.492 e. The third kappa shape index (κ3) is 3.67. The quantitative estimate of drug-likeness (QED) is 0.827. The fourth-order valence-corrected chi connectivity index (χ4v) is 2.92. The van der Waals surface area contributed by atoms with Gasteiger partial charge in [-0.3, -0.25) is 9.69 Å². The summed E-state index contributed by atoms with van der Waals surface area (Å²) in [7, 11) is 0. The Morgan fingerprint density at radius 3 is 2.62 bits per heavy atom. The first-order valence-electron chi connectivity index (χ1n) is 8.09. The summed E-state index contributed by atoms with van der Waals surface area (Å²) in [6, 6.07) is 11.0. The third-order valence-corrected chi connectivity index (χ3v) is 4.25. The Kier molecular flexibility index (Phi) is 5.30. The highest BCUT2D eigenvalue weighted by Gasteiger charge is 2.18. The van der Waals surface area contributed by atoms with E-state index in [9.17, 15) is 9.90 Å². The van der Waals surface area contributed by atoms with Gasteiger partial charge in [0.25, 0.3) is 5.91 Å². The molecular formula is C18H22N2O4. The number of primary amides is 1. The van der Waals surface area contributed by atoms with Crippen LogP contribution in [0.1, 0.15) is 11.7 Å². The van der Waals surface area contributed by atoms with Gasteiger partial charge in [-0.25, -0.2) is 0 Å². The highest BCUT2D eigenvalue weighted by molar-refractivity contribution is 5.94. The van der Waals surface area contributed by atoms with Crippen molar-refractivity contribution in [1.82, 2.24) is 4.90 Å². The maximum Gasteiger partial charge on any atom is 0.250 e. The van der Waals surface area contributed by atoms with E-state index in [0.29, 0.717) is 12.2 Å². The molecule has 6 heteroatoms. The van der Waals surface area contributed by atoms with E-state index in [-0.39, 0.29) is 0 Å². The third-order valence-electron chi connectivity index (χ3n) is 4.25. The second kappa shape index (κ2) is 7.61. The number of nitrogens with two attached hydrogens (primary N) is 1. The number of ether oxygens (including phenoxy) is 2. The summed E-state index contributed by atoms with van der Waals surface area (Å²) in [6.07, 6.45) is -1.32. The molecular weight excluding hydrogens is 308 g/mol. The number of fused-ring (bicyclic) bond motifs is 1. The van der Waals surface area contributed by atoms with Crippen LogP contribution in [0.4, 0.5) is 0 Å². The molecule has 1 unspecified atom stereocenters. The smallest absolute Gasteiger partial charge is 0.250 e. The number of benzene rings is 2. The average Bonchev–Trinajstić information content (AvgIpc) is 2.62. The lowest BCUT2D eigenvalue weighted by Gasteiger charge is -2.26. The van der Waals surface area contributed by atoms with Gasteiger partial charge in [-0.1, -0.05) is 30.3 Å². The van der Waals surface area contributed by atoms with Crippen LogP contribution in [0.3, 0.4) is 0 Å². The Morgan fingerprint density at radius 1 is 1.21 bits per heavy atom. The van der Waals surface area contributed by atoms with Crippen molar-refractivity contribution in [2.24, 2.45) is 5.73 Å². The Balaban J connectivity index is 1.76. The van der Waals surface area contributed by atoms with E-state index in [1.54, 1.807) is 12.1 Å². The first-order chi connectivity index (χ1) is 11.7. The van der Waals surface area contributed by atoms with Crippen molar-refractivity contribution in [3.05, 3.63) is 42.0 Å². The van der Waals surface area contributed by atoms with Crippen molar-refractivity contribution in [3.63, 3.8) is 0 Å². The summed E-state index contributed by atoms with van der Waals surface area (Å²) in [4.78, 5) is 13.6. The van der Waals surface area contributed by atoms with Crippen molar-refractivity contribution >= 4 is 16.7 Å². The zero-order valence-corrected chi connectivity index (χ0v) is 13.5. The number of aliphatic hydroxyl groups excluding tert-OH is 1. The topological polar surface area (TPSA) is 85.0 Å². The van der Waals surface area contributed by atoms with Crippen molar-refractivity contribution in [2.75, 3.05) is 39.5 Å². The molecule has 1 atom stereocenters. The average molecular weight is 330 g/mol. The molecule has 0 aromatic heterocycles. The van der Waals surface area contributed by atoms with Crippen LogP contribution in [0.25, 0.3) is 10.8 Å². The number of carbonyl (C=O) groups excluding carboxylic acids is 1. The van der Waals surface area contributed by atoms with Crippen LogP contribution in [0.2, 0.25) is 0 Å². The molecule has 1 amide bonds. The first kappa shape index (κ1) is 16.7. The van der Waals surface area contributed by atoms with E-state index in [4.69, 9.17) is 15.2 Å². The minimum Gasteiger partial charge on any atom is -0.492 e. The molecule has 0 radical (unpaired) electrons. The zero-order chi connectivity index (χ0) is 16.9. The molecule has 0 saturated carbocycles. The standard InChI is InChI=1S/C18H22N2O4/c19-18(22)17(21)15-5-6-16(14-4-2-1-3-13(14)15)24-12-9-20-7-10-23-11-8-20/h1-6,17,21H,7-12H2,(H2,19,22). The molecule has 1 heterocycles. The van der Waals surface area contributed by atoms with E-state index in [0.717, 1.165) is 49.4 Å². The van der Waals surface area contributed by atoms with E-state index in [1.165, 1.54) is 0 Å². The highest BCUT2D eigenvalue weighted by atomic mass is 16.5. The zero-order valence-electron chi connectivity index (χ0n) is 13.5. The summed E-state index contributed by atoms with van der Waals surface area (Å²) in [5.74, 6) is -0.0274. The van der Waals surface area contributed by atoms with Gasteiger partial charge in [0, 0.05) is 25.0 Å². The highest BCUT2D eigenvalue weighted by Crippen LogP contribution is 2.31. The Bertz CT molecular complexity index is 713. The van der Waals surface area contributed by atoms with Crippen LogP contribution < -0.4 is 10.5 Å². The maximum atomic E-state index is 11.3. The minimum absolute atomic E-state index is 0.499. The Labute approximate surface area is 140 Å². The van der Waals surface area contributed by atoms with E-state index < -0.39 is 12.0 Å². The molecule has 6 nitrogen and oxygen atoms in total. The lowest BCUT2D eigenvalue weighted by atomic mass is 9.99. The summed E-state index contributed by atoms with van der Waals surface area (Å²) in [6.45, 7) is 4.79. The summed E-state index contributed by atoms with van der Waals surface area (Å²) >= 11 is 0. The van der Waals surface area contributed by atoms with Crippen LogP contribution in [-0.2, 0) is 9.53 Å². The van der Waals surface area contributed by atoms with Gasteiger partial charge in [-0.05, 0) is 17.0 Å². The molecule has 1 fully saturated rings. The van der Waals surface area contributed by atoms with Crippen LogP contribution in [-0.4, -0.2) is 55.4 Å². The van der Waals surface area contributed by atoms with Gasteiger partial charge in [0.1, 0.15) is 12.4 Å². The van der Waals surface area contributed by atoms with Crippen LogP contribution in [0.5, 0.6) is 5.75 Å². The summed E-state index contributed by atoms with van der Waals surface area (Å²) in [5.41, 5.74) is 5.72. The number of amides is 1. The summed E-state index contributed by atoms with van der Waals surface area (Å²) < 4.78 is 11.3. The van der Waals surface area contributed by atoms with Crippen LogP contribution in [0.15, 0.2) is 36.4 Å². The first-order valence-corrected chi connectivity index (χ1v) is 8.09. The number of rotatable bonds is 6. The molecule has 0 spiro atoms. The van der Waals surface area contributed by atoms with Gasteiger partial charge in [0.15, 0.2) is 6.10 Å². The maximum absolute atomic E-state index is 11.3. The molecule has 1 saturated heterocycles. The van der Waals surface area contributed by atoms with E-state index >= 15 is 0 Å². The van der Waals surface area contributed by atoms with Gasteiger partial charge in [0.2, 0.25) is 0 Å². The van der Waals surface area contributed by atoms with E-state index in [2.05, 4.69) is 4.90 Å². The van der Waals surface area contributed by atoms with Gasteiger partial charge in [-0.15, -0.1) is 0 Å². The van der Waals surface area contributed by atoms with Gasteiger partial charge in [-0.2, -0.15) is 0 Å².